The van der Waals surface area contributed by atoms with Gasteiger partial charge in [-0.3, -0.25) is 4.79 Å². The molecule has 0 fully saturated rings. The lowest BCUT2D eigenvalue weighted by atomic mass is 10.4. The number of hydrogen-bond acceptors (Lipinski definition) is 3. The van der Waals surface area contributed by atoms with Gasteiger partial charge in [0.2, 0.25) is 5.91 Å². The van der Waals surface area contributed by atoms with Gasteiger partial charge in [0.1, 0.15) is 6.61 Å². The Morgan fingerprint density at radius 2 is 2.17 bits per heavy atom. The first kappa shape index (κ1) is 11.4. The molecule has 4 nitrogen and oxygen atoms in total. The first-order chi connectivity index (χ1) is 5.76. The van der Waals surface area contributed by atoms with Crippen molar-refractivity contribution in [2.75, 3.05) is 33.4 Å². The zero-order valence-electron chi connectivity index (χ0n) is 7.75. The zero-order chi connectivity index (χ0) is 9.40. The molecule has 0 atom stereocenters. The molecule has 0 aliphatic heterocycles. The fourth-order valence-electron chi connectivity index (χ4n) is 0.967. The number of aliphatic hydroxyl groups excluding tert-OH is 1. The van der Waals surface area contributed by atoms with Crippen LogP contribution in [0.3, 0.4) is 0 Å². The fraction of sp³-hybridized carbons (Fsp3) is 0.875. The zero-order valence-corrected chi connectivity index (χ0v) is 7.75. The van der Waals surface area contributed by atoms with Gasteiger partial charge in [-0.25, -0.2) is 0 Å². The largest absolute Gasteiger partial charge is 0.395 e. The van der Waals surface area contributed by atoms with Crippen molar-refractivity contribution in [2.24, 2.45) is 0 Å². The molecule has 0 saturated heterocycles. The van der Waals surface area contributed by atoms with Gasteiger partial charge >= 0.3 is 0 Å². The minimum Gasteiger partial charge on any atom is -0.395 e. The van der Waals surface area contributed by atoms with Crippen molar-refractivity contribution in [3.8, 4) is 0 Å². The van der Waals surface area contributed by atoms with Gasteiger partial charge < -0.3 is 14.7 Å². The summed E-state index contributed by atoms with van der Waals surface area (Å²) >= 11 is 0. The second-order valence-electron chi connectivity index (χ2n) is 2.54. The maximum absolute atomic E-state index is 11.2. The summed E-state index contributed by atoms with van der Waals surface area (Å²) in [6, 6.07) is 0. The fourth-order valence-corrected chi connectivity index (χ4v) is 0.967. The van der Waals surface area contributed by atoms with Gasteiger partial charge in [-0.2, -0.15) is 0 Å². The highest BCUT2D eigenvalue weighted by Gasteiger charge is 2.10. The summed E-state index contributed by atoms with van der Waals surface area (Å²) in [5.41, 5.74) is 0. The van der Waals surface area contributed by atoms with Crippen LogP contribution in [-0.2, 0) is 9.53 Å². The summed E-state index contributed by atoms with van der Waals surface area (Å²) in [6.07, 6.45) is 0.898. The Kier molecular flexibility index (Phi) is 6.70. The quantitative estimate of drug-likeness (QED) is 0.611. The van der Waals surface area contributed by atoms with Crippen LogP contribution in [-0.4, -0.2) is 49.3 Å². The summed E-state index contributed by atoms with van der Waals surface area (Å²) < 4.78 is 4.70. The minimum absolute atomic E-state index is 0.00938. The van der Waals surface area contributed by atoms with Gasteiger partial charge in [0.25, 0.3) is 0 Å². The number of ether oxygens (including phenoxy) is 1. The summed E-state index contributed by atoms with van der Waals surface area (Å²) in [7, 11) is 1.49. The number of rotatable bonds is 6. The van der Waals surface area contributed by atoms with Gasteiger partial charge in [0, 0.05) is 20.2 Å². The first-order valence-electron chi connectivity index (χ1n) is 4.13. The van der Waals surface area contributed by atoms with E-state index in [1.54, 1.807) is 4.90 Å². The molecule has 0 saturated carbocycles. The Morgan fingerprint density at radius 3 is 2.58 bits per heavy atom. The average Bonchev–Trinajstić information content (AvgIpc) is 2.04. The Morgan fingerprint density at radius 1 is 1.50 bits per heavy atom. The molecule has 0 spiro atoms. The van der Waals surface area contributed by atoms with E-state index in [2.05, 4.69) is 0 Å². The number of methoxy groups -OCH3 is 1. The van der Waals surface area contributed by atoms with Crippen molar-refractivity contribution < 1.29 is 14.6 Å². The van der Waals surface area contributed by atoms with Crippen LogP contribution in [0.15, 0.2) is 0 Å². The number of nitrogens with zero attached hydrogens (tertiary/aromatic N) is 1. The molecular formula is C8H17NO3. The highest BCUT2D eigenvalue weighted by Crippen LogP contribution is 1.92. The number of amides is 1. The second kappa shape index (κ2) is 7.06. The molecule has 0 aromatic rings. The van der Waals surface area contributed by atoms with Gasteiger partial charge in [0.15, 0.2) is 0 Å². The standard InChI is InChI=1S/C8H17NO3/c1-3-4-9(5-6-10)8(11)7-12-2/h10H,3-7H2,1-2H3. The van der Waals surface area contributed by atoms with Gasteiger partial charge in [-0.1, -0.05) is 6.92 Å². The summed E-state index contributed by atoms with van der Waals surface area (Å²) in [5, 5.41) is 8.65. The molecule has 0 bridgehead atoms. The van der Waals surface area contributed by atoms with Crippen molar-refractivity contribution in [1.29, 1.82) is 0 Å². The van der Waals surface area contributed by atoms with Crippen molar-refractivity contribution in [2.45, 2.75) is 13.3 Å². The summed E-state index contributed by atoms with van der Waals surface area (Å²) in [4.78, 5) is 12.8. The van der Waals surface area contributed by atoms with Crippen molar-refractivity contribution in [3.63, 3.8) is 0 Å². The van der Waals surface area contributed by atoms with Crippen LogP contribution in [0, 0.1) is 0 Å². The van der Waals surface area contributed by atoms with Gasteiger partial charge in [-0.15, -0.1) is 0 Å². The molecule has 0 radical (unpaired) electrons. The molecule has 1 N–H and O–H groups in total. The van der Waals surface area contributed by atoms with Crippen LogP contribution in [0.25, 0.3) is 0 Å². The number of aliphatic hydroxyl groups is 1. The van der Waals surface area contributed by atoms with Gasteiger partial charge in [-0.05, 0) is 6.42 Å². The molecule has 0 heterocycles. The highest BCUT2D eigenvalue weighted by molar-refractivity contribution is 5.77. The normalized spacial score (nSPS) is 9.92. The molecule has 1 amide bonds. The SMILES string of the molecule is CCCN(CCO)C(=O)COC. The molecule has 72 valence electrons. The van der Waals surface area contributed by atoms with Crippen LogP contribution in [0.4, 0.5) is 0 Å². The molecule has 0 rings (SSSR count). The molecule has 0 aromatic heterocycles. The van der Waals surface area contributed by atoms with E-state index in [4.69, 9.17) is 9.84 Å². The molecule has 4 heteroatoms. The molecule has 0 aromatic carbocycles. The molecule has 12 heavy (non-hydrogen) atoms. The molecule has 0 aliphatic carbocycles. The highest BCUT2D eigenvalue weighted by atomic mass is 16.5. The summed E-state index contributed by atoms with van der Waals surface area (Å²) in [5.74, 6) is -0.0617. The topological polar surface area (TPSA) is 49.8 Å². The lowest BCUT2D eigenvalue weighted by Crippen LogP contribution is -2.36. The monoisotopic (exact) mass is 175 g/mol. The van der Waals surface area contributed by atoms with E-state index in [1.165, 1.54) is 7.11 Å². The average molecular weight is 175 g/mol. The molecular weight excluding hydrogens is 158 g/mol. The van der Waals surface area contributed by atoms with Crippen molar-refractivity contribution in [3.05, 3.63) is 0 Å². The third-order valence-corrected chi connectivity index (χ3v) is 1.48. The number of carbonyl (C=O) groups is 1. The van der Waals surface area contributed by atoms with Crippen LogP contribution in [0.2, 0.25) is 0 Å². The second-order valence-corrected chi connectivity index (χ2v) is 2.54. The van der Waals surface area contributed by atoms with Crippen LogP contribution >= 0.6 is 0 Å². The third kappa shape index (κ3) is 4.31. The van der Waals surface area contributed by atoms with E-state index in [0.717, 1.165) is 6.42 Å². The smallest absolute Gasteiger partial charge is 0.248 e. The van der Waals surface area contributed by atoms with Crippen LogP contribution in [0.1, 0.15) is 13.3 Å². The first-order valence-corrected chi connectivity index (χ1v) is 4.13. The summed E-state index contributed by atoms with van der Waals surface area (Å²) in [6.45, 7) is 3.18. The van der Waals surface area contributed by atoms with Crippen LogP contribution < -0.4 is 0 Å². The van der Waals surface area contributed by atoms with E-state index >= 15 is 0 Å². The van der Waals surface area contributed by atoms with Crippen LogP contribution in [0.5, 0.6) is 0 Å². The van der Waals surface area contributed by atoms with E-state index in [0.29, 0.717) is 13.1 Å². The minimum atomic E-state index is -0.0617. The lowest BCUT2D eigenvalue weighted by Gasteiger charge is -2.20. The Balaban J connectivity index is 3.81. The lowest BCUT2D eigenvalue weighted by molar-refractivity contribution is -0.135. The maximum Gasteiger partial charge on any atom is 0.248 e. The van der Waals surface area contributed by atoms with Crippen molar-refractivity contribution in [1.82, 2.24) is 4.90 Å². The Labute approximate surface area is 73.1 Å². The van der Waals surface area contributed by atoms with Crippen molar-refractivity contribution >= 4 is 5.91 Å². The van der Waals surface area contributed by atoms with E-state index in [9.17, 15) is 4.79 Å². The predicted molar refractivity (Wildman–Crippen MR) is 45.8 cm³/mol. The molecule has 0 aliphatic rings. The number of carbonyl (C=O) groups excluding carboxylic acids is 1. The van der Waals surface area contributed by atoms with Gasteiger partial charge in [0.05, 0.1) is 6.61 Å². The maximum atomic E-state index is 11.2. The predicted octanol–water partition coefficient (Wildman–Crippen LogP) is -0.136. The van der Waals surface area contributed by atoms with E-state index in [1.807, 2.05) is 6.92 Å². The Bertz CT molecular complexity index is 121. The number of hydrogen-bond donors (Lipinski definition) is 1. The van der Waals surface area contributed by atoms with E-state index < -0.39 is 0 Å². The molecule has 0 unspecified atom stereocenters. The Hall–Kier alpha value is -0.610. The van der Waals surface area contributed by atoms with E-state index in [-0.39, 0.29) is 19.1 Å². The third-order valence-electron chi connectivity index (χ3n) is 1.48.